The largest absolute Gasteiger partial charge is 0.477 e. The second-order valence-electron chi connectivity index (χ2n) is 17.7. The number of hydrogen-bond donors (Lipinski definition) is 15. The van der Waals surface area contributed by atoms with Gasteiger partial charge in [-0.25, -0.2) is 9.59 Å². The van der Waals surface area contributed by atoms with Crippen molar-refractivity contribution in [3.8, 4) is 0 Å². The van der Waals surface area contributed by atoms with Gasteiger partial charge >= 0.3 is 18.0 Å². The van der Waals surface area contributed by atoms with Crippen molar-refractivity contribution in [3.05, 3.63) is 12.7 Å². The van der Waals surface area contributed by atoms with Crippen molar-refractivity contribution in [2.75, 3.05) is 46.8 Å². The lowest BCUT2D eigenvalue weighted by Crippen LogP contribution is -2.71. The van der Waals surface area contributed by atoms with Gasteiger partial charge in [-0.05, 0) is 12.8 Å². The van der Waals surface area contributed by atoms with Gasteiger partial charge in [0.1, 0.15) is 98.1 Å². The fraction of sp³-hybridized carbons (Fsp3) is 0.860. The molecule has 72 heavy (non-hydrogen) atoms. The smallest absolute Gasteiger partial charge is 0.407 e. The number of unbranched alkanes of at least 4 members (excludes halogenated alkanes) is 5. The normalized spacial score (nSPS) is 38.0. The van der Waals surface area contributed by atoms with Gasteiger partial charge in [0.05, 0.1) is 45.7 Å². The second-order valence-corrected chi connectivity index (χ2v) is 17.7. The molecular formula is C43H72N2O27. The van der Waals surface area contributed by atoms with E-state index < -0.39 is 179 Å². The number of carboxylic acids is 1. The minimum atomic E-state index is -3.18. The molecule has 15 N–H and O–H groups in total. The van der Waals surface area contributed by atoms with Gasteiger partial charge in [-0.1, -0.05) is 38.3 Å². The van der Waals surface area contributed by atoms with Crippen molar-refractivity contribution in [1.82, 2.24) is 10.6 Å². The average Bonchev–Trinajstić information content (AvgIpc) is 3.35. The van der Waals surface area contributed by atoms with E-state index in [0.717, 1.165) is 26.2 Å². The molecule has 4 aliphatic rings. The van der Waals surface area contributed by atoms with Crippen molar-refractivity contribution < 1.29 is 133 Å². The van der Waals surface area contributed by atoms with E-state index in [0.29, 0.717) is 19.3 Å². The zero-order valence-corrected chi connectivity index (χ0v) is 39.8. The highest BCUT2D eigenvalue weighted by atomic mass is 16.8. The van der Waals surface area contributed by atoms with Crippen LogP contribution in [0.5, 0.6) is 0 Å². The van der Waals surface area contributed by atoms with E-state index >= 15 is 0 Å². The number of aliphatic carboxylic acids is 1. The molecule has 15 unspecified atom stereocenters. The maximum Gasteiger partial charge on any atom is 0.407 e. The molecule has 0 spiro atoms. The number of ether oxygens (including phenoxy) is 10. The molecule has 0 bridgehead atoms. The number of nitrogens with one attached hydrogen (secondary N) is 2. The number of aliphatic hydroxyl groups is 12. The number of esters is 1. The van der Waals surface area contributed by atoms with Gasteiger partial charge in [0.2, 0.25) is 5.91 Å². The third kappa shape index (κ3) is 15.6. The zero-order valence-electron chi connectivity index (χ0n) is 39.8. The van der Waals surface area contributed by atoms with E-state index in [1.807, 2.05) is 0 Å². The van der Waals surface area contributed by atoms with Crippen LogP contribution in [0.25, 0.3) is 0 Å². The van der Waals surface area contributed by atoms with Crippen LogP contribution in [0.2, 0.25) is 0 Å². The Morgan fingerprint density at radius 2 is 1.31 bits per heavy atom. The van der Waals surface area contributed by atoms with Gasteiger partial charge in [0, 0.05) is 26.4 Å². The van der Waals surface area contributed by atoms with Crippen LogP contribution in [-0.2, 0) is 61.8 Å². The average molecular weight is 1050 g/mol. The lowest BCUT2D eigenvalue weighted by atomic mass is 9.88. The van der Waals surface area contributed by atoms with Crippen LogP contribution >= 0.6 is 0 Å². The first kappa shape index (κ1) is 61.2. The van der Waals surface area contributed by atoms with E-state index in [9.17, 15) is 85.6 Å². The van der Waals surface area contributed by atoms with Crippen LogP contribution in [0.15, 0.2) is 12.7 Å². The Balaban J connectivity index is 1.74. The summed E-state index contributed by atoms with van der Waals surface area (Å²) in [4.78, 5) is 50.0. The number of aliphatic hydroxyl groups excluding tert-OH is 12. The summed E-state index contributed by atoms with van der Waals surface area (Å²) in [7, 11) is 1.30. The lowest BCUT2D eigenvalue weighted by molar-refractivity contribution is -0.391. The number of carbonyl (C=O) groups excluding carboxylic acids is 3. The van der Waals surface area contributed by atoms with Crippen molar-refractivity contribution >= 4 is 23.9 Å². The Labute approximate surface area is 413 Å². The standard InChI is InChI=1S/C43H72N2O27/c1-4-12-65-42(62)45-27-36(34(69-39-32(58)31(57)29(55)22(16-47)66-39)24(18-49)68-38(27)64-13-10-8-6-5-7-9-11-25(53)63-3)70-40-33(59)37(30(56)23(17-48)67-40)72-43(41(60)61)14-20(51)26(44-19(2)50)35(71-43)28(54)21(52)15-46/h4,20-24,26-40,46-49,51-52,54-59H,1,5-18H2,2-3H3,(H,44,50)(H,45,62)(H,60,61)/t20?,21?,22?,23?,24?,26-,27?,28?,29-,30-,31?,32?,33?,34+,35?,36?,37?,38-,39?,40?,43+/m1/s1. The zero-order chi connectivity index (χ0) is 53.4. The predicted molar refractivity (Wildman–Crippen MR) is 233 cm³/mol. The van der Waals surface area contributed by atoms with E-state index in [-0.39, 0.29) is 25.6 Å². The number of hydrogen-bond acceptors (Lipinski definition) is 26. The van der Waals surface area contributed by atoms with Gasteiger partial charge in [-0.3, -0.25) is 9.59 Å². The Morgan fingerprint density at radius 1 is 0.722 bits per heavy atom. The lowest BCUT2D eigenvalue weighted by Gasteiger charge is -2.51. The monoisotopic (exact) mass is 1050 g/mol. The van der Waals surface area contributed by atoms with Gasteiger partial charge in [-0.15, -0.1) is 0 Å². The quantitative estimate of drug-likeness (QED) is 0.0207. The first-order chi connectivity index (χ1) is 34.2. The van der Waals surface area contributed by atoms with Crippen LogP contribution in [0.4, 0.5) is 4.79 Å². The van der Waals surface area contributed by atoms with Crippen LogP contribution < -0.4 is 10.6 Å². The second kappa shape index (κ2) is 29.1. The molecule has 4 fully saturated rings. The number of carboxylic acid groups (broad SMARTS) is 1. The van der Waals surface area contributed by atoms with E-state index in [2.05, 4.69) is 21.9 Å². The molecule has 4 saturated heterocycles. The Hall–Kier alpha value is -3.38. The van der Waals surface area contributed by atoms with Crippen molar-refractivity contribution in [2.45, 2.75) is 187 Å². The van der Waals surface area contributed by atoms with Gasteiger partial charge in [0.25, 0.3) is 5.79 Å². The summed E-state index contributed by atoms with van der Waals surface area (Å²) in [6.07, 6.45) is -32.6. The van der Waals surface area contributed by atoms with Gasteiger partial charge < -0.3 is 124 Å². The van der Waals surface area contributed by atoms with Crippen LogP contribution in [0, 0.1) is 0 Å². The summed E-state index contributed by atoms with van der Waals surface area (Å²) in [5.74, 6) is -6.36. The molecule has 0 aromatic carbocycles. The highest BCUT2D eigenvalue weighted by molar-refractivity contribution is 5.76. The molecule has 0 aromatic rings. The number of rotatable bonds is 27. The molecule has 29 nitrogen and oxygen atoms in total. The maximum absolute atomic E-state index is 13.4. The molecular weight excluding hydrogens is 976 g/mol. The number of carbonyl (C=O) groups is 4. The predicted octanol–water partition coefficient (Wildman–Crippen LogP) is -6.55. The van der Waals surface area contributed by atoms with Gasteiger partial charge in [-0.2, -0.15) is 0 Å². The molecule has 416 valence electrons. The SMILES string of the molecule is C=CCOC(=O)NC1C(OC2OC(CO)[C@@H](O)C(O[C@]3(C(=O)O)CC(O)[C@@H](NC(C)=O)C(C(O)C(O)CO)O3)C2O)[C@@H](OC2OC(CO)[C@@H](O)C(O)C2O)C(CO)O[C@H]1OCCCCCCCCC(=O)OC. The van der Waals surface area contributed by atoms with Crippen molar-refractivity contribution in [3.63, 3.8) is 0 Å². The first-order valence-corrected chi connectivity index (χ1v) is 23.5. The summed E-state index contributed by atoms with van der Waals surface area (Å²) in [6.45, 7) is 0.0261. The van der Waals surface area contributed by atoms with Crippen LogP contribution in [0.3, 0.4) is 0 Å². The molecule has 0 radical (unpaired) electrons. The van der Waals surface area contributed by atoms with Crippen molar-refractivity contribution in [1.29, 1.82) is 0 Å². The highest BCUT2D eigenvalue weighted by Crippen LogP contribution is 2.39. The third-order valence-corrected chi connectivity index (χ3v) is 12.5. The number of methoxy groups -OCH3 is 1. The minimum Gasteiger partial charge on any atom is -0.477 e. The number of alkyl carbamates (subject to hydrolysis) is 1. The molecule has 4 aliphatic heterocycles. The topological polar surface area (TPSA) is 448 Å². The highest BCUT2D eigenvalue weighted by Gasteiger charge is 2.61. The summed E-state index contributed by atoms with van der Waals surface area (Å²) < 4.78 is 57.3. The maximum atomic E-state index is 13.4. The van der Waals surface area contributed by atoms with E-state index in [1.165, 1.54) is 13.2 Å². The summed E-state index contributed by atoms with van der Waals surface area (Å²) in [6, 6.07) is -3.32. The molecule has 0 aromatic heterocycles. The van der Waals surface area contributed by atoms with Crippen LogP contribution in [0.1, 0.15) is 58.3 Å². The summed E-state index contributed by atoms with van der Waals surface area (Å²) in [5, 5.41) is 144. The third-order valence-electron chi connectivity index (χ3n) is 12.5. The molecule has 29 heteroatoms. The molecule has 21 atom stereocenters. The number of amides is 2. The van der Waals surface area contributed by atoms with E-state index in [1.54, 1.807) is 0 Å². The molecule has 0 aliphatic carbocycles. The fourth-order valence-electron chi connectivity index (χ4n) is 8.63. The molecule has 4 rings (SSSR count). The molecule has 0 saturated carbocycles. The Bertz CT molecular complexity index is 1700. The minimum absolute atomic E-state index is 0.0655. The summed E-state index contributed by atoms with van der Waals surface area (Å²) in [5.41, 5.74) is 0. The van der Waals surface area contributed by atoms with Crippen LogP contribution in [-0.4, -0.2) is 265 Å². The first-order valence-electron chi connectivity index (χ1n) is 23.5. The van der Waals surface area contributed by atoms with E-state index in [4.69, 9.17) is 42.6 Å². The van der Waals surface area contributed by atoms with Gasteiger partial charge in [0.15, 0.2) is 18.9 Å². The fourth-order valence-corrected chi connectivity index (χ4v) is 8.63. The Kier molecular flexibility index (Phi) is 24.7. The Morgan fingerprint density at radius 3 is 1.89 bits per heavy atom. The summed E-state index contributed by atoms with van der Waals surface area (Å²) >= 11 is 0. The molecule has 2 amide bonds. The molecule has 4 heterocycles. The van der Waals surface area contributed by atoms with Crippen molar-refractivity contribution in [2.24, 2.45) is 0 Å².